The Kier molecular flexibility index (Phi) is 7.36. The van der Waals surface area contributed by atoms with Gasteiger partial charge < -0.3 is 0 Å². The third-order valence-corrected chi connectivity index (χ3v) is 6.88. The lowest BCUT2D eigenvalue weighted by Crippen LogP contribution is -2.15. The first-order valence-electron chi connectivity index (χ1n) is 8.24. The van der Waals surface area contributed by atoms with E-state index < -0.39 is 0 Å². The highest BCUT2D eigenvalue weighted by Crippen LogP contribution is 2.26. The summed E-state index contributed by atoms with van der Waals surface area (Å²) in [6.45, 7) is 4.04. The minimum absolute atomic E-state index is 0.351. The van der Waals surface area contributed by atoms with Crippen molar-refractivity contribution in [2.75, 3.05) is 22.1 Å². The van der Waals surface area contributed by atoms with Gasteiger partial charge >= 0.3 is 0 Å². The van der Waals surface area contributed by atoms with Crippen LogP contribution in [0.5, 0.6) is 0 Å². The van der Waals surface area contributed by atoms with Gasteiger partial charge in [0.1, 0.15) is 0 Å². The topological polar surface area (TPSA) is 110 Å². The quantitative estimate of drug-likeness (QED) is 0.388. The van der Waals surface area contributed by atoms with Crippen molar-refractivity contribution < 1.29 is 9.59 Å². The van der Waals surface area contributed by atoms with Crippen LogP contribution < -0.4 is 10.6 Å². The molecule has 0 unspecified atom stereocenters. The molecule has 28 heavy (non-hydrogen) atoms. The van der Waals surface area contributed by atoms with Crippen molar-refractivity contribution in [1.82, 2.24) is 20.4 Å². The number of rotatable bonds is 8. The van der Waals surface area contributed by atoms with Gasteiger partial charge in [0, 0.05) is 11.1 Å². The van der Waals surface area contributed by atoms with Crippen LogP contribution in [-0.2, 0) is 0 Å². The van der Waals surface area contributed by atoms with Crippen LogP contribution >= 0.6 is 46.2 Å². The van der Waals surface area contributed by atoms with E-state index in [-0.39, 0.29) is 11.8 Å². The molecule has 0 saturated heterocycles. The van der Waals surface area contributed by atoms with E-state index in [9.17, 15) is 9.59 Å². The van der Waals surface area contributed by atoms with Crippen LogP contribution in [0.3, 0.4) is 0 Å². The highest BCUT2D eigenvalue weighted by atomic mass is 32.2. The first kappa shape index (κ1) is 20.7. The SMILES string of the molecule is CCSc1nnc(NC(=O)c2cccc(C(=O)Nc3nnc(SCC)s3)c2)s1. The van der Waals surface area contributed by atoms with Gasteiger partial charge in [0.15, 0.2) is 8.68 Å². The van der Waals surface area contributed by atoms with Gasteiger partial charge in [-0.15, -0.1) is 20.4 Å². The molecule has 0 aliphatic carbocycles. The van der Waals surface area contributed by atoms with E-state index in [0.717, 1.165) is 20.2 Å². The van der Waals surface area contributed by atoms with Gasteiger partial charge in [-0.3, -0.25) is 20.2 Å². The van der Waals surface area contributed by atoms with E-state index in [2.05, 4.69) is 31.0 Å². The number of nitrogens with one attached hydrogen (secondary N) is 2. The van der Waals surface area contributed by atoms with Crippen LogP contribution in [0.1, 0.15) is 34.6 Å². The van der Waals surface area contributed by atoms with Crippen LogP contribution in [0.15, 0.2) is 32.9 Å². The van der Waals surface area contributed by atoms with Crippen LogP contribution in [0, 0.1) is 0 Å². The van der Waals surface area contributed by atoms with E-state index in [1.165, 1.54) is 28.7 Å². The lowest BCUT2D eigenvalue weighted by atomic mass is 10.1. The Morgan fingerprint density at radius 1 is 0.857 bits per heavy atom. The molecule has 0 aliphatic rings. The van der Waals surface area contributed by atoms with Crippen molar-refractivity contribution in [2.24, 2.45) is 0 Å². The molecule has 146 valence electrons. The second kappa shape index (κ2) is 9.96. The zero-order valence-electron chi connectivity index (χ0n) is 15.0. The summed E-state index contributed by atoms with van der Waals surface area (Å²) >= 11 is 5.75. The fourth-order valence-electron chi connectivity index (χ4n) is 2.02. The van der Waals surface area contributed by atoms with Crippen molar-refractivity contribution in [2.45, 2.75) is 22.5 Å². The maximum absolute atomic E-state index is 12.5. The van der Waals surface area contributed by atoms with Crippen LogP contribution in [-0.4, -0.2) is 43.7 Å². The molecule has 12 heteroatoms. The fraction of sp³-hybridized carbons (Fsp3) is 0.250. The van der Waals surface area contributed by atoms with Crippen LogP contribution in [0.2, 0.25) is 0 Å². The molecule has 1 aromatic carbocycles. The molecular weight excluding hydrogens is 436 g/mol. The van der Waals surface area contributed by atoms with Crippen LogP contribution in [0.4, 0.5) is 10.3 Å². The third kappa shape index (κ3) is 5.50. The lowest BCUT2D eigenvalue weighted by molar-refractivity contribution is 0.102. The highest BCUT2D eigenvalue weighted by Gasteiger charge is 2.14. The van der Waals surface area contributed by atoms with Crippen molar-refractivity contribution in [3.8, 4) is 0 Å². The number of carbonyl (C=O) groups excluding carboxylic acids is 2. The summed E-state index contributed by atoms with van der Waals surface area (Å²) in [5.41, 5.74) is 0.707. The van der Waals surface area contributed by atoms with Gasteiger partial charge in [-0.1, -0.05) is 66.1 Å². The van der Waals surface area contributed by atoms with Gasteiger partial charge in [-0.2, -0.15) is 0 Å². The smallest absolute Gasteiger partial charge is 0.257 e. The van der Waals surface area contributed by atoms with E-state index in [1.54, 1.807) is 41.7 Å². The van der Waals surface area contributed by atoms with Crippen molar-refractivity contribution in [3.05, 3.63) is 35.4 Å². The standard InChI is InChI=1S/C16H16N6O2S4/c1-3-25-15-21-19-13(27-15)17-11(23)9-6-5-7-10(8-9)12(24)18-14-20-22-16(28-14)26-4-2/h5-8H,3-4H2,1-2H3,(H,17,19,23)(H,18,20,24). The maximum atomic E-state index is 12.5. The van der Waals surface area contributed by atoms with Gasteiger partial charge in [-0.05, 0) is 29.7 Å². The number of carbonyl (C=O) groups is 2. The highest BCUT2D eigenvalue weighted by molar-refractivity contribution is 8.01. The van der Waals surface area contributed by atoms with Gasteiger partial charge in [0.25, 0.3) is 11.8 Å². The number of hydrogen-bond donors (Lipinski definition) is 2. The molecule has 3 aromatic rings. The Morgan fingerprint density at radius 3 is 1.75 bits per heavy atom. The minimum atomic E-state index is -0.351. The molecule has 0 bridgehead atoms. The Hall–Kier alpha value is -2.02. The number of benzene rings is 1. The molecule has 0 spiro atoms. The summed E-state index contributed by atoms with van der Waals surface area (Å²) in [6.07, 6.45) is 0. The molecule has 2 amide bonds. The molecular formula is C16H16N6O2S4. The normalized spacial score (nSPS) is 10.6. The van der Waals surface area contributed by atoms with E-state index in [0.29, 0.717) is 21.4 Å². The first-order chi connectivity index (χ1) is 13.6. The monoisotopic (exact) mass is 452 g/mol. The molecule has 0 atom stereocenters. The average molecular weight is 453 g/mol. The fourth-order valence-corrected chi connectivity index (χ4v) is 5.31. The predicted octanol–water partition coefficient (Wildman–Crippen LogP) is 4.12. The largest absolute Gasteiger partial charge is 0.296 e. The Bertz CT molecular complexity index is 900. The molecule has 8 nitrogen and oxygen atoms in total. The molecule has 0 saturated carbocycles. The molecule has 2 N–H and O–H groups in total. The molecule has 2 aromatic heterocycles. The lowest BCUT2D eigenvalue weighted by Gasteiger charge is -2.05. The summed E-state index contributed by atoms with van der Waals surface area (Å²) in [4.78, 5) is 24.9. The molecule has 2 heterocycles. The number of aromatic nitrogens is 4. The number of hydrogen-bond acceptors (Lipinski definition) is 10. The molecule has 3 rings (SSSR count). The number of nitrogens with zero attached hydrogens (tertiary/aromatic N) is 4. The van der Waals surface area contributed by atoms with Crippen molar-refractivity contribution in [3.63, 3.8) is 0 Å². The van der Waals surface area contributed by atoms with E-state index in [1.807, 2.05) is 13.8 Å². The first-order valence-corrected chi connectivity index (χ1v) is 11.8. The predicted molar refractivity (Wildman–Crippen MR) is 115 cm³/mol. The zero-order valence-corrected chi connectivity index (χ0v) is 18.2. The zero-order chi connectivity index (χ0) is 19.9. The Balaban J connectivity index is 1.66. The summed E-state index contributed by atoms with van der Waals surface area (Å²) in [5.74, 6) is 1.06. The Labute approximate surface area is 178 Å². The summed E-state index contributed by atoms with van der Waals surface area (Å²) in [6, 6.07) is 6.45. The molecule has 0 radical (unpaired) electrons. The van der Waals surface area contributed by atoms with Crippen molar-refractivity contribution >= 4 is 68.3 Å². The number of anilines is 2. The van der Waals surface area contributed by atoms with Crippen molar-refractivity contribution in [1.29, 1.82) is 0 Å². The average Bonchev–Trinajstić information content (AvgIpc) is 3.32. The second-order valence-corrected chi connectivity index (χ2v) is 10.1. The second-order valence-electron chi connectivity index (χ2n) is 5.10. The number of thioether (sulfide) groups is 2. The summed E-state index contributed by atoms with van der Waals surface area (Å²) < 4.78 is 1.59. The third-order valence-electron chi connectivity index (χ3n) is 3.18. The van der Waals surface area contributed by atoms with E-state index in [4.69, 9.17) is 0 Å². The van der Waals surface area contributed by atoms with Crippen LogP contribution in [0.25, 0.3) is 0 Å². The summed E-state index contributed by atoms with van der Waals surface area (Å²) in [7, 11) is 0. The van der Waals surface area contributed by atoms with Gasteiger partial charge in [0.2, 0.25) is 10.3 Å². The van der Waals surface area contributed by atoms with Gasteiger partial charge in [-0.25, -0.2) is 0 Å². The maximum Gasteiger partial charge on any atom is 0.257 e. The Morgan fingerprint density at radius 2 is 1.32 bits per heavy atom. The summed E-state index contributed by atoms with van der Waals surface area (Å²) in [5, 5.41) is 22.2. The van der Waals surface area contributed by atoms with Gasteiger partial charge in [0.05, 0.1) is 0 Å². The molecule has 0 fully saturated rings. The molecule has 0 aliphatic heterocycles. The number of amides is 2. The minimum Gasteiger partial charge on any atom is -0.296 e. The van der Waals surface area contributed by atoms with E-state index >= 15 is 0 Å².